The second-order valence-corrected chi connectivity index (χ2v) is 13.1. The van der Waals surface area contributed by atoms with Crippen molar-refractivity contribution in [2.75, 3.05) is 19.0 Å². The molecule has 1 aliphatic heterocycles. The normalized spacial score (nSPS) is 18.0. The summed E-state index contributed by atoms with van der Waals surface area (Å²) in [7, 11) is 1.79. The molecular weight excluding hydrogens is 560 g/mol. The molecule has 3 rings (SSSR count). The second-order valence-electron chi connectivity index (χ2n) is 13.1. The van der Waals surface area contributed by atoms with E-state index in [0.29, 0.717) is 6.54 Å². The lowest BCUT2D eigenvalue weighted by Crippen LogP contribution is -2.48. The van der Waals surface area contributed by atoms with Gasteiger partial charge in [0.2, 0.25) is 0 Å². The van der Waals surface area contributed by atoms with Crippen LogP contribution in [-0.2, 0) is 14.3 Å². The summed E-state index contributed by atoms with van der Waals surface area (Å²) < 4.78 is 11.9. The van der Waals surface area contributed by atoms with E-state index in [0.717, 1.165) is 37.3 Å². The monoisotopic (exact) mass is 624 g/mol. The quantitative estimate of drug-likeness (QED) is 0.248. The molecule has 0 bridgehead atoms. The number of methoxy groups -OCH3 is 1. The number of carbonyl (C=O) groups excluding carboxylic acids is 2. The van der Waals surface area contributed by atoms with Gasteiger partial charge in [0, 0.05) is 37.4 Å². The molecule has 45 heavy (non-hydrogen) atoms. The summed E-state index contributed by atoms with van der Waals surface area (Å²) in [6.07, 6.45) is 8.41. The van der Waals surface area contributed by atoms with E-state index in [4.69, 9.17) is 9.47 Å². The molecule has 0 aromatic heterocycles. The second kappa shape index (κ2) is 19.6. The van der Waals surface area contributed by atoms with Crippen LogP contribution in [0.15, 0.2) is 59.3 Å². The van der Waals surface area contributed by atoms with Crippen molar-refractivity contribution in [2.45, 2.75) is 145 Å². The van der Waals surface area contributed by atoms with Crippen molar-refractivity contribution in [3.63, 3.8) is 0 Å². The minimum absolute atomic E-state index is 0.0228. The van der Waals surface area contributed by atoms with Crippen LogP contribution in [0.4, 0.5) is 10.5 Å². The number of hydrogen-bond acceptors (Lipinski definition) is 5. The highest BCUT2D eigenvalue weighted by molar-refractivity contribution is 5.90. The summed E-state index contributed by atoms with van der Waals surface area (Å²) in [6.45, 7) is 26.2. The Kier molecular flexibility index (Phi) is 17.5. The molecule has 1 fully saturated rings. The van der Waals surface area contributed by atoms with Gasteiger partial charge in [-0.2, -0.15) is 0 Å². The fraction of sp³-hybridized carbons (Fsp3) is 0.641. The summed E-state index contributed by atoms with van der Waals surface area (Å²) in [5.41, 5.74) is 6.95. The highest BCUT2D eigenvalue weighted by Gasteiger charge is 2.38. The Balaban J connectivity index is 0.000000991. The average Bonchev–Trinajstić information content (AvgIpc) is 2.99. The van der Waals surface area contributed by atoms with E-state index in [1.165, 1.54) is 53.3 Å². The van der Waals surface area contributed by atoms with Crippen LogP contribution in [0.5, 0.6) is 0 Å². The highest BCUT2D eigenvalue weighted by atomic mass is 16.6. The van der Waals surface area contributed by atoms with Gasteiger partial charge in [-0.1, -0.05) is 79.2 Å². The Morgan fingerprint density at radius 1 is 1.09 bits per heavy atom. The number of amides is 1. The van der Waals surface area contributed by atoms with E-state index in [1.807, 2.05) is 53.4 Å². The Hall–Kier alpha value is -2.86. The SMILES string of the molecule is C=CC(=O)C(C)C.CC.CCC(C)=C(C1=C(Nc2ccc(C3CCC3)cc2)CCN(C(=O)OC(C)(C)C)C1CC)C(CC)OC. The van der Waals surface area contributed by atoms with E-state index >= 15 is 0 Å². The number of ketones is 1. The van der Waals surface area contributed by atoms with Gasteiger partial charge < -0.3 is 19.7 Å². The molecule has 1 N–H and O–H groups in total. The van der Waals surface area contributed by atoms with Crippen molar-refractivity contribution >= 4 is 17.6 Å². The number of carbonyl (C=O) groups is 2. The number of benzene rings is 1. The van der Waals surface area contributed by atoms with Gasteiger partial charge in [0.1, 0.15) is 5.60 Å². The summed E-state index contributed by atoms with van der Waals surface area (Å²) in [6, 6.07) is 8.90. The van der Waals surface area contributed by atoms with E-state index in [-0.39, 0.29) is 29.9 Å². The van der Waals surface area contributed by atoms with Crippen LogP contribution in [0, 0.1) is 5.92 Å². The average molecular weight is 625 g/mol. The Morgan fingerprint density at radius 2 is 1.69 bits per heavy atom. The summed E-state index contributed by atoms with van der Waals surface area (Å²) in [5.74, 6) is 0.946. The zero-order valence-electron chi connectivity index (χ0n) is 30.6. The van der Waals surface area contributed by atoms with E-state index in [1.54, 1.807) is 7.11 Å². The molecular formula is C39H64N2O4. The fourth-order valence-electron chi connectivity index (χ4n) is 5.66. The number of allylic oxidation sites excluding steroid dienone is 2. The molecule has 0 spiro atoms. The maximum absolute atomic E-state index is 13.3. The first-order valence-electron chi connectivity index (χ1n) is 17.3. The standard InChI is InChI=1S/C31H48N2O3.C6H10O.C2H6/c1-9-21(4)28(27(11-3)35-8)29-25(32-24-17-15-23(16-18-24)22-13-12-14-22)19-20-33(26(29)10-2)30(34)36-31(5,6)7;1-4-6(7)5(2)3;1-2/h15-18,22,26-27,32H,9-14,19-20H2,1-8H3;4-5H,1H2,2-3H3;1-2H3. The van der Waals surface area contributed by atoms with Crippen LogP contribution in [0.1, 0.15) is 133 Å². The molecule has 6 nitrogen and oxygen atoms in total. The number of rotatable bonds is 11. The van der Waals surface area contributed by atoms with Crippen molar-refractivity contribution in [2.24, 2.45) is 5.92 Å². The van der Waals surface area contributed by atoms with Crippen LogP contribution in [0.2, 0.25) is 0 Å². The lowest BCUT2D eigenvalue weighted by Gasteiger charge is -2.41. The molecule has 0 radical (unpaired) electrons. The highest BCUT2D eigenvalue weighted by Crippen LogP contribution is 2.39. The molecule has 6 heteroatoms. The minimum atomic E-state index is -0.531. The predicted molar refractivity (Wildman–Crippen MR) is 191 cm³/mol. The maximum Gasteiger partial charge on any atom is 0.410 e. The lowest BCUT2D eigenvalue weighted by molar-refractivity contribution is -0.117. The number of nitrogens with zero attached hydrogens (tertiary/aromatic N) is 1. The Morgan fingerprint density at radius 3 is 2.07 bits per heavy atom. The summed E-state index contributed by atoms with van der Waals surface area (Å²) in [5, 5.41) is 3.78. The molecule has 1 heterocycles. The van der Waals surface area contributed by atoms with E-state index in [2.05, 4.69) is 63.9 Å². The zero-order valence-corrected chi connectivity index (χ0v) is 30.6. The smallest absolute Gasteiger partial charge is 0.410 e. The van der Waals surface area contributed by atoms with Gasteiger partial charge in [-0.25, -0.2) is 4.79 Å². The first-order valence-corrected chi connectivity index (χ1v) is 17.3. The van der Waals surface area contributed by atoms with Crippen molar-refractivity contribution < 1.29 is 19.1 Å². The minimum Gasteiger partial charge on any atom is -0.444 e. The van der Waals surface area contributed by atoms with Gasteiger partial charge in [-0.15, -0.1) is 0 Å². The van der Waals surface area contributed by atoms with Gasteiger partial charge in [0.05, 0.1) is 12.1 Å². The van der Waals surface area contributed by atoms with Gasteiger partial charge in [0.15, 0.2) is 5.78 Å². The van der Waals surface area contributed by atoms with Crippen LogP contribution in [0.3, 0.4) is 0 Å². The van der Waals surface area contributed by atoms with Crippen LogP contribution in [0.25, 0.3) is 0 Å². The van der Waals surface area contributed by atoms with Gasteiger partial charge in [-0.3, -0.25) is 4.79 Å². The Labute approximate surface area is 275 Å². The van der Waals surface area contributed by atoms with Crippen LogP contribution in [-0.4, -0.2) is 48.2 Å². The zero-order chi connectivity index (χ0) is 34.3. The molecule has 2 unspecified atom stereocenters. The molecule has 1 aliphatic carbocycles. The molecule has 0 saturated heterocycles. The molecule has 1 aromatic carbocycles. The first kappa shape index (κ1) is 40.2. The largest absolute Gasteiger partial charge is 0.444 e. The number of nitrogens with one attached hydrogen (secondary N) is 1. The predicted octanol–water partition coefficient (Wildman–Crippen LogP) is 10.6. The molecule has 1 saturated carbocycles. The van der Waals surface area contributed by atoms with Crippen molar-refractivity contribution in [3.05, 3.63) is 64.9 Å². The van der Waals surface area contributed by atoms with Gasteiger partial charge in [0.25, 0.3) is 0 Å². The third-order valence-electron chi connectivity index (χ3n) is 8.46. The maximum atomic E-state index is 13.3. The van der Waals surface area contributed by atoms with Crippen LogP contribution >= 0.6 is 0 Å². The van der Waals surface area contributed by atoms with E-state index in [9.17, 15) is 9.59 Å². The molecule has 1 amide bonds. The van der Waals surface area contributed by atoms with Gasteiger partial charge >= 0.3 is 6.09 Å². The topological polar surface area (TPSA) is 67.9 Å². The van der Waals surface area contributed by atoms with Crippen molar-refractivity contribution in [1.82, 2.24) is 4.90 Å². The molecule has 254 valence electrons. The summed E-state index contributed by atoms with van der Waals surface area (Å²) in [4.78, 5) is 25.6. The third-order valence-corrected chi connectivity index (χ3v) is 8.46. The number of hydrogen-bond donors (Lipinski definition) is 1. The number of ether oxygens (including phenoxy) is 2. The first-order chi connectivity index (χ1) is 21.3. The van der Waals surface area contributed by atoms with Crippen molar-refractivity contribution in [1.29, 1.82) is 0 Å². The molecule has 2 atom stereocenters. The molecule has 2 aliphatic rings. The van der Waals surface area contributed by atoms with Gasteiger partial charge in [-0.05, 0) is 101 Å². The fourth-order valence-corrected chi connectivity index (χ4v) is 5.66. The lowest BCUT2D eigenvalue weighted by atomic mass is 9.80. The summed E-state index contributed by atoms with van der Waals surface area (Å²) >= 11 is 0. The van der Waals surface area contributed by atoms with Crippen LogP contribution < -0.4 is 5.32 Å². The number of anilines is 1. The Bertz CT molecular complexity index is 1130. The molecule has 1 aromatic rings. The third kappa shape index (κ3) is 11.8. The van der Waals surface area contributed by atoms with E-state index < -0.39 is 5.60 Å². The van der Waals surface area contributed by atoms with Crippen molar-refractivity contribution in [3.8, 4) is 0 Å².